The maximum atomic E-state index is 13.6. The van der Waals surface area contributed by atoms with Crippen LogP contribution in [-0.4, -0.2) is 64.7 Å². The fourth-order valence-electron chi connectivity index (χ4n) is 3.41. The van der Waals surface area contributed by atoms with Gasteiger partial charge in [0.2, 0.25) is 21.8 Å². The summed E-state index contributed by atoms with van der Waals surface area (Å²) in [6.07, 6.45) is 1.71. The molecule has 2 rings (SSSR count). The largest absolute Gasteiger partial charge is 0.493 e. The van der Waals surface area contributed by atoms with Crippen LogP contribution < -0.4 is 19.1 Å². The van der Waals surface area contributed by atoms with E-state index < -0.39 is 28.5 Å². The number of ether oxygens (including phenoxy) is 2. The second-order valence-corrected chi connectivity index (χ2v) is 10.8. The number of amides is 2. The number of benzene rings is 2. The van der Waals surface area contributed by atoms with Gasteiger partial charge in [0, 0.05) is 29.2 Å². The van der Waals surface area contributed by atoms with Crippen LogP contribution in [0.15, 0.2) is 36.4 Å². The maximum absolute atomic E-state index is 13.6. The topological polar surface area (TPSA) is 105 Å². The Morgan fingerprint density at radius 2 is 1.72 bits per heavy atom. The maximum Gasteiger partial charge on any atom is 0.244 e. The average Bonchev–Trinajstić information content (AvgIpc) is 2.83. The first kappa shape index (κ1) is 29.5. The summed E-state index contributed by atoms with van der Waals surface area (Å²) in [6, 6.07) is 8.43. The molecule has 12 heteroatoms. The van der Waals surface area contributed by atoms with Gasteiger partial charge in [-0.05, 0) is 43.2 Å². The van der Waals surface area contributed by atoms with Gasteiger partial charge in [0.15, 0.2) is 11.5 Å². The summed E-state index contributed by atoms with van der Waals surface area (Å²) in [7, 11) is -1.01. The van der Waals surface area contributed by atoms with Crippen molar-refractivity contribution in [1.29, 1.82) is 0 Å². The van der Waals surface area contributed by atoms with Crippen molar-refractivity contribution in [3.8, 4) is 11.5 Å². The van der Waals surface area contributed by atoms with Gasteiger partial charge in [0.25, 0.3) is 0 Å². The van der Waals surface area contributed by atoms with E-state index in [0.29, 0.717) is 33.7 Å². The molecule has 0 aliphatic carbocycles. The zero-order chi connectivity index (χ0) is 27.0. The number of carbonyl (C=O) groups is 2. The number of rotatable bonds is 12. The molecule has 1 N–H and O–H groups in total. The summed E-state index contributed by atoms with van der Waals surface area (Å²) in [5, 5.41) is 3.51. The number of methoxy groups -OCH3 is 2. The third-order valence-corrected chi connectivity index (χ3v) is 7.13. The van der Waals surface area contributed by atoms with Gasteiger partial charge in [-0.3, -0.25) is 13.9 Å². The third kappa shape index (κ3) is 7.65. The van der Waals surface area contributed by atoms with E-state index in [9.17, 15) is 18.0 Å². The Morgan fingerprint density at radius 1 is 1.06 bits per heavy atom. The van der Waals surface area contributed by atoms with Gasteiger partial charge in [-0.25, -0.2) is 8.42 Å². The molecule has 0 radical (unpaired) electrons. The average molecular weight is 561 g/mol. The standard InChI is InChI=1S/C24H31Cl2N3O6S/c1-6-11-27-24(31)16(2)28(14-17-7-8-18(25)12-20(17)26)23(30)15-29(36(5,32)33)19-9-10-21(34-3)22(13-19)35-4/h7-10,12-13,16H,6,11,14-15H2,1-5H3,(H,27,31)/t16-/m0/s1. The molecule has 0 saturated heterocycles. The van der Waals surface area contributed by atoms with Gasteiger partial charge in [-0.2, -0.15) is 0 Å². The Morgan fingerprint density at radius 3 is 2.28 bits per heavy atom. The first-order valence-electron chi connectivity index (χ1n) is 11.1. The number of anilines is 1. The predicted octanol–water partition coefficient (Wildman–Crippen LogP) is 3.72. The van der Waals surface area contributed by atoms with E-state index in [4.69, 9.17) is 32.7 Å². The predicted molar refractivity (Wildman–Crippen MR) is 142 cm³/mol. The summed E-state index contributed by atoms with van der Waals surface area (Å²) < 4.78 is 36.9. The molecule has 2 amide bonds. The van der Waals surface area contributed by atoms with Gasteiger partial charge < -0.3 is 19.7 Å². The van der Waals surface area contributed by atoms with Crippen LogP contribution in [-0.2, 0) is 26.2 Å². The Labute approximate surface area is 222 Å². The van der Waals surface area contributed by atoms with E-state index in [1.807, 2.05) is 6.92 Å². The summed E-state index contributed by atoms with van der Waals surface area (Å²) >= 11 is 12.3. The van der Waals surface area contributed by atoms with Crippen LogP contribution in [0.2, 0.25) is 10.0 Å². The number of carbonyl (C=O) groups excluding carboxylic acids is 2. The Hall–Kier alpha value is -2.69. The van der Waals surface area contributed by atoms with Crippen molar-refractivity contribution in [2.24, 2.45) is 0 Å². The van der Waals surface area contributed by atoms with Crippen molar-refractivity contribution >= 4 is 50.7 Å². The number of nitrogens with zero attached hydrogens (tertiary/aromatic N) is 2. The van der Waals surface area contributed by atoms with Gasteiger partial charge in [-0.1, -0.05) is 36.2 Å². The van der Waals surface area contributed by atoms with Crippen LogP contribution in [0.3, 0.4) is 0 Å². The molecule has 0 bridgehead atoms. The highest BCUT2D eigenvalue weighted by molar-refractivity contribution is 7.92. The van der Waals surface area contributed by atoms with Crippen molar-refractivity contribution in [2.45, 2.75) is 32.9 Å². The van der Waals surface area contributed by atoms with Gasteiger partial charge in [0.1, 0.15) is 12.6 Å². The molecule has 0 aliphatic heterocycles. The molecule has 198 valence electrons. The lowest BCUT2D eigenvalue weighted by Crippen LogP contribution is -2.51. The van der Waals surface area contributed by atoms with Crippen LogP contribution in [0, 0.1) is 0 Å². The fraction of sp³-hybridized carbons (Fsp3) is 0.417. The second kappa shape index (κ2) is 13.0. The molecular formula is C24H31Cl2N3O6S. The van der Waals surface area contributed by atoms with Crippen LogP contribution in [0.4, 0.5) is 5.69 Å². The normalized spacial score (nSPS) is 12.0. The quantitative estimate of drug-likeness (QED) is 0.425. The highest BCUT2D eigenvalue weighted by Gasteiger charge is 2.30. The lowest BCUT2D eigenvalue weighted by molar-refractivity contribution is -0.139. The molecular weight excluding hydrogens is 529 g/mol. The molecule has 0 heterocycles. The zero-order valence-electron chi connectivity index (χ0n) is 20.9. The van der Waals surface area contributed by atoms with Crippen LogP contribution in [0.1, 0.15) is 25.8 Å². The SMILES string of the molecule is CCCNC(=O)[C@H](C)N(Cc1ccc(Cl)cc1Cl)C(=O)CN(c1ccc(OC)c(OC)c1)S(C)(=O)=O. The lowest BCUT2D eigenvalue weighted by Gasteiger charge is -2.31. The monoisotopic (exact) mass is 559 g/mol. The highest BCUT2D eigenvalue weighted by Crippen LogP contribution is 2.32. The minimum absolute atomic E-state index is 0.0287. The molecule has 1 atom stereocenters. The summed E-state index contributed by atoms with van der Waals surface area (Å²) in [5.41, 5.74) is 0.762. The molecule has 0 spiro atoms. The number of sulfonamides is 1. The summed E-state index contributed by atoms with van der Waals surface area (Å²) in [6.45, 7) is 3.35. The zero-order valence-corrected chi connectivity index (χ0v) is 23.2. The molecule has 0 unspecified atom stereocenters. The van der Waals surface area contributed by atoms with Crippen LogP contribution >= 0.6 is 23.2 Å². The van der Waals surface area contributed by atoms with Gasteiger partial charge in [-0.15, -0.1) is 0 Å². The molecule has 2 aromatic carbocycles. The number of halogens is 2. The molecule has 0 aliphatic rings. The third-order valence-electron chi connectivity index (χ3n) is 5.41. The smallest absolute Gasteiger partial charge is 0.244 e. The van der Waals surface area contributed by atoms with Crippen LogP contribution in [0.5, 0.6) is 11.5 Å². The summed E-state index contributed by atoms with van der Waals surface area (Å²) in [5.74, 6) is -0.262. The molecule has 0 aromatic heterocycles. The van der Waals surface area contributed by atoms with Crippen molar-refractivity contribution in [3.63, 3.8) is 0 Å². The Bertz CT molecular complexity index is 1190. The number of nitrogens with one attached hydrogen (secondary N) is 1. The van der Waals surface area contributed by atoms with E-state index in [0.717, 1.165) is 17.0 Å². The highest BCUT2D eigenvalue weighted by atomic mass is 35.5. The van der Waals surface area contributed by atoms with E-state index >= 15 is 0 Å². The minimum atomic E-state index is -3.89. The molecule has 0 fully saturated rings. The van der Waals surface area contributed by atoms with Crippen molar-refractivity contribution in [3.05, 3.63) is 52.0 Å². The minimum Gasteiger partial charge on any atom is -0.493 e. The van der Waals surface area contributed by atoms with Crippen molar-refractivity contribution in [2.75, 3.05) is 37.9 Å². The van der Waals surface area contributed by atoms with E-state index in [1.165, 1.54) is 37.3 Å². The molecule has 36 heavy (non-hydrogen) atoms. The second-order valence-electron chi connectivity index (χ2n) is 8.03. The van der Waals surface area contributed by atoms with Gasteiger partial charge >= 0.3 is 0 Å². The first-order valence-corrected chi connectivity index (χ1v) is 13.7. The Kier molecular flexibility index (Phi) is 10.7. The Balaban J connectivity index is 2.45. The van der Waals surface area contributed by atoms with Gasteiger partial charge in [0.05, 0.1) is 26.2 Å². The number of hydrogen-bond donors (Lipinski definition) is 1. The molecule has 0 saturated carbocycles. The van der Waals surface area contributed by atoms with E-state index in [2.05, 4.69) is 5.32 Å². The summed E-state index contributed by atoms with van der Waals surface area (Å²) in [4.78, 5) is 27.6. The first-order chi connectivity index (χ1) is 16.9. The fourth-order valence-corrected chi connectivity index (χ4v) is 4.72. The molecule has 2 aromatic rings. The van der Waals surface area contributed by atoms with E-state index in [-0.39, 0.29) is 18.1 Å². The van der Waals surface area contributed by atoms with E-state index in [1.54, 1.807) is 25.1 Å². The lowest BCUT2D eigenvalue weighted by atomic mass is 10.1. The van der Waals surface area contributed by atoms with Crippen molar-refractivity contribution < 1.29 is 27.5 Å². The number of hydrogen-bond acceptors (Lipinski definition) is 6. The molecule has 9 nitrogen and oxygen atoms in total. The van der Waals surface area contributed by atoms with Crippen LogP contribution in [0.25, 0.3) is 0 Å². The van der Waals surface area contributed by atoms with Crippen molar-refractivity contribution in [1.82, 2.24) is 10.2 Å².